The van der Waals surface area contributed by atoms with E-state index in [1.807, 2.05) is 0 Å². The van der Waals surface area contributed by atoms with Gasteiger partial charge >= 0.3 is 0 Å². The van der Waals surface area contributed by atoms with Crippen molar-refractivity contribution in [3.8, 4) is 0 Å². The molecular formula is C15H20O7. The van der Waals surface area contributed by atoms with Gasteiger partial charge in [0.1, 0.15) is 23.9 Å². The SMILES string of the molecule is CC1=C[C@@H]2O[C@H]3[C@@H](O)[C@@H](O)[C@@](C)([C@]2(CO)[C@@H](O)C1=O)[C@]31CO1. The summed E-state index contributed by atoms with van der Waals surface area (Å²) >= 11 is 0. The molecule has 0 aromatic heterocycles. The van der Waals surface area contributed by atoms with Gasteiger partial charge in [-0.3, -0.25) is 4.79 Å². The van der Waals surface area contributed by atoms with Gasteiger partial charge in [0, 0.05) is 5.41 Å². The van der Waals surface area contributed by atoms with Crippen LogP contribution in [0, 0.1) is 10.8 Å². The first-order valence-corrected chi connectivity index (χ1v) is 7.45. The minimum Gasteiger partial charge on any atom is -0.396 e. The van der Waals surface area contributed by atoms with Gasteiger partial charge in [0.25, 0.3) is 0 Å². The van der Waals surface area contributed by atoms with E-state index < -0.39 is 59.3 Å². The molecule has 1 spiro atoms. The number of rotatable bonds is 1. The number of hydrogen-bond acceptors (Lipinski definition) is 7. The zero-order valence-corrected chi connectivity index (χ0v) is 12.4. The molecule has 8 atom stereocenters. The standard InChI is InChI=1S/C15H20O7/c1-6-3-7-14(4-16,11(20)8(6)17)13(2)10(19)9(18)12(22-7)15(13)5-21-15/h3,7,9-12,16,18-20H,4-5H2,1-2H3/t7-,9-,10+,11-,12-,13-,14-,15-/m0/s1. The topological polar surface area (TPSA) is 120 Å². The van der Waals surface area contributed by atoms with Crippen LogP contribution in [0.5, 0.6) is 0 Å². The average Bonchev–Trinajstić information content (AvgIpc) is 3.27. The number of ether oxygens (including phenoxy) is 2. The molecule has 7 nitrogen and oxygen atoms in total. The van der Waals surface area contributed by atoms with Crippen LogP contribution in [-0.4, -0.2) is 75.5 Å². The average molecular weight is 312 g/mol. The summed E-state index contributed by atoms with van der Waals surface area (Å²) in [5.74, 6) is -0.502. The van der Waals surface area contributed by atoms with Crippen LogP contribution in [0.2, 0.25) is 0 Å². The highest BCUT2D eigenvalue weighted by molar-refractivity contribution is 6.00. The van der Waals surface area contributed by atoms with E-state index in [2.05, 4.69) is 0 Å². The molecule has 122 valence electrons. The molecule has 2 bridgehead atoms. The Labute approximate surface area is 127 Å². The first-order chi connectivity index (χ1) is 10.3. The number of carbonyl (C=O) groups is 1. The molecule has 4 rings (SSSR count). The van der Waals surface area contributed by atoms with Crippen LogP contribution in [0.3, 0.4) is 0 Å². The number of hydrogen-bond donors (Lipinski definition) is 4. The molecule has 0 radical (unpaired) electrons. The molecule has 2 aliphatic heterocycles. The van der Waals surface area contributed by atoms with Crippen LogP contribution in [-0.2, 0) is 14.3 Å². The molecule has 4 aliphatic rings. The third-order valence-electron chi connectivity index (χ3n) is 6.58. The summed E-state index contributed by atoms with van der Waals surface area (Å²) in [6.07, 6.45) is -3.96. The van der Waals surface area contributed by atoms with Crippen molar-refractivity contribution in [2.75, 3.05) is 13.2 Å². The van der Waals surface area contributed by atoms with E-state index >= 15 is 0 Å². The van der Waals surface area contributed by atoms with Crippen molar-refractivity contribution < 1.29 is 34.7 Å². The molecule has 2 saturated heterocycles. The Balaban J connectivity index is 1.98. The normalized spacial score (nSPS) is 59.5. The lowest BCUT2D eigenvalue weighted by molar-refractivity contribution is -0.253. The van der Waals surface area contributed by atoms with Gasteiger partial charge in [0.05, 0.1) is 30.8 Å². The maximum absolute atomic E-state index is 12.3. The second-order valence-corrected chi connectivity index (χ2v) is 7.11. The van der Waals surface area contributed by atoms with Gasteiger partial charge in [-0.2, -0.15) is 0 Å². The third-order valence-corrected chi connectivity index (χ3v) is 6.58. The van der Waals surface area contributed by atoms with Crippen LogP contribution in [0.1, 0.15) is 13.8 Å². The number of aliphatic hydroxyl groups excluding tert-OH is 4. The third kappa shape index (κ3) is 1.18. The summed E-state index contributed by atoms with van der Waals surface area (Å²) in [5, 5.41) is 41.8. The summed E-state index contributed by atoms with van der Waals surface area (Å²) < 4.78 is 11.5. The minimum atomic E-state index is -1.53. The van der Waals surface area contributed by atoms with E-state index in [4.69, 9.17) is 9.47 Å². The van der Waals surface area contributed by atoms with Crippen molar-refractivity contribution in [1.29, 1.82) is 0 Å². The zero-order valence-electron chi connectivity index (χ0n) is 12.4. The number of ketones is 1. The summed E-state index contributed by atoms with van der Waals surface area (Å²) in [6.45, 7) is 2.92. The van der Waals surface area contributed by atoms with Crippen molar-refractivity contribution in [1.82, 2.24) is 0 Å². The number of epoxide rings is 1. The molecule has 0 aromatic rings. The molecule has 7 heteroatoms. The van der Waals surface area contributed by atoms with Crippen LogP contribution in [0.15, 0.2) is 11.6 Å². The predicted molar refractivity (Wildman–Crippen MR) is 71.8 cm³/mol. The van der Waals surface area contributed by atoms with Crippen molar-refractivity contribution in [3.05, 3.63) is 11.6 Å². The van der Waals surface area contributed by atoms with Crippen LogP contribution in [0.25, 0.3) is 0 Å². The monoisotopic (exact) mass is 312 g/mol. The molecule has 22 heavy (non-hydrogen) atoms. The number of Topliss-reactive ketones (excluding diaryl/α,β-unsaturated/α-hetero) is 1. The highest BCUT2D eigenvalue weighted by Crippen LogP contribution is 2.70. The van der Waals surface area contributed by atoms with Gasteiger partial charge in [0.2, 0.25) is 0 Å². The molecule has 0 unspecified atom stereocenters. The second-order valence-electron chi connectivity index (χ2n) is 7.11. The maximum atomic E-state index is 12.3. The molecule has 0 amide bonds. The highest BCUT2D eigenvalue weighted by Gasteiger charge is 2.86. The van der Waals surface area contributed by atoms with Crippen molar-refractivity contribution >= 4 is 5.78 Å². The first kappa shape index (κ1) is 14.7. The Morgan fingerprint density at radius 3 is 2.55 bits per heavy atom. The molecular weight excluding hydrogens is 292 g/mol. The van der Waals surface area contributed by atoms with Crippen LogP contribution in [0.4, 0.5) is 0 Å². The van der Waals surface area contributed by atoms with E-state index in [0.29, 0.717) is 5.57 Å². The number of aliphatic hydroxyl groups is 4. The fraction of sp³-hybridized carbons (Fsp3) is 0.800. The Morgan fingerprint density at radius 1 is 1.36 bits per heavy atom. The van der Waals surface area contributed by atoms with E-state index in [1.54, 1.807) is 19.9 Å². The molecule has 3 fully saturated rings. The fourth-order valence-corrected chi connectivity index (χ4v) is 5.03. The van der Waals surface area contributed by atoms with E-state index in [9.17, 15) is 25.2 Å². The molecule has 0 aromatic carbocycles. The minimum absolute atomic E-state index is 0.250. The quantitative estimate of drug-likeness (QED) is 0.419. The lowest BCUT2D eigenvalue weighted by Crippen LogP contribution is -2.72. The fourth-order valence-electron chi connectivity index (χ4n) is 5.03. The van der Waals surface area contributed by atoms with Crippen molar-refractivity contribution in [3.63, 3.8) is 0 Å². The summed E-state index contributed by atoms with van der Waals surface area (Å²) in [6, 6.07) is 0. The van der Waals surface area contributed by atoms with Gasteiger partial charge in [-0.05, 0) is 18.6 Å². The Hall–Kier alpha value is -0.830. The molecule has 2 aliphatic carbocycles. The Bertz CT molecular complexity index is 582. The van der Waals surface area contributed by atoms with E-state index in [0.717, 1.165) is 0 Å². The highest BCUT2D eigenvalue weighted by atomic mass is 16.6. The molecule has 4 N–H and O–H groups in total. The predicted octanol–water partition coefficient (Wildman–Crippen LogP) is -1.87. The Kier molecular flexibility index (Phi) is 2.67. The van der Waals surface area contributed by atoms with Gasteiger partial charge in [-0.15, -0.1) is 0 Å². The first-order valence-electron chi connectivity index (χ1n) is 7.45. The smallest absolute Gasteiger partial charge is 0.187 e. The summed E-state index contributed by atoms with van der Waals surface area (Å²) in [4.78, 5) is 12.3. The van der Waals surface area contributed by atoms with Gasteiger partial charge in [-0.1, -0.05) is 6.92 Å². The van der Waals surface area contributed by atoms with Crippen LogP contribution < -0.4 is 0 Å². The lowest BCUT2D eigenvalue weighted by Gasteiger charge is -2.58. The number of fused-ring (bicyclic) bond motifs is 2. The van der Waals surface area contributed by atoms with Gasteiger partial charge in [0.15, 0.2) is 5.78 Å². The zero-order chi connectivity index (χ0) is 16.1. The maximum Gasteiger partial charge on any atom is 0.187 e. The molecule has 1 saturated carbocycles. The summed E-state index contributed by atoms with van der Waals surface area (Å²) in [7, 11) is 0. The van der Waals surface area contributed by atoms with Crippen LogP contribution >= 0.6 is 0 Å². The Morgan fingerprint density at radius 2 is 2.00 bits per heavy atom. The van der Waals surface area contributed by atoms with Gasteiger partial charge < -0.3 is 29.9 Å². The van der Waals surface area contributed by atoms with E-state index in [1.165, 1.54) is 0 Å². The van der Waals surface area contributed by atoms with E-state index in [-0.39, 0.29) is 6.61 Å². The van der Waals surface area contributed by atoms with Gasteiger partial charge in [-0.25, -0.2) is 0 Å². The lowest BCUT2D eigenvalue weighted by atomic mass is 9.50. The van der Waals surface area contributed by atoms with Crippen molar-refractivity contribution in [2.45, 2.75) is 50.0 Å². The largest absolute Gasteiger partial charge is 0.396 e. The second kappa shape index (κ2) is 3.98. The van der Waals surface area contributed by atoms with Crippen molar-refractivity contribution in [2.24, 2.45) is 10.8 Å². The molecule has 2 heterocycles. The summed E-state index contributed by atoms with van der Waals surface area (Å²) in [5.41, 5.74) is -3.28. The number of carbonyl (C=O) groups excluding carboxylic acids is 1.